The van der Waals surface area contributed by atoms with Crippen molar-refractivity contribution < 1.29 is 8.42 Å². The van der Waals surface area contributed by atoms with Gasteiger partial charge in [0.2, 0.25) is 10.0 Å². The maximum atomic E-state index is 13.5. The highest BCUT2D eigenvalue weighted by atomic mass is 32.2. The quantitative estimate of drug-likeness (QED) is 0.589. The fraction of sp³-hybridized carbons (Fsp3) is 0.280. The second-order valence-corrected chi connectivity index (χ2v) is 9.95. The number of piperazine rings is 1. The van der Waals surface area contributed by atoms with Crippen molar-refractivity contribution in [3.8, 4) is 0 Å². The zero-order chi connectivity index (χ0) is 21.8. The van der Waals surface area contributed by atoms with Gasteiger partial charge in [-0.3, -0.25) is 4.90 Å². The van der Waals surface area contributed by atoms with Crippen LogP contribution in [-0.2, 0) is 10.0 Å². The van der Waals surface area contributed by atoms with Crippen LogP contribution in [0.15, 0.2) is 77.7 Å². The van der Waals surface area contributed by atoms with Crippen LogP contribution in [0.1, 0.15) is 5.56 Å². The molecule has 1 aliphatic heterocycles. The third kappa shape index (κ3) is 4.66. The summed E-state index contributed by atoms with van der Waals surface area (Å²) in [6.07, 6.45) is 4.26. The van der Waals surface area contributed by atoms with Gasteiger partial charge < -0.3 is 4.90 Å². The molecule has 0 spiro atoms. The van der Waals surface area contributed by atoms with E-state index in [1.807, 2.05) is 67.5 Å². The number of rotatable bonds is 6. The highest BCUT2D eigenvalue weighted by Gasteiger charge is 2.29. The van der Waals surface area contributed by atoms with Gasteiger partial charge >= 0.3 is 0 Å². The van der Waals surface area contributed by atoms with Crippen LogP contribution in [0.5, 0.6) is 0 Å². The van der Waals surface area contributed by atoms with Crippen molar-refractivity contribution >= 4 is 32.6 Å². The lowest BCUT2D eigenvalue weighted by Gasteiger charge is -2.33. The Balaban J connectivity index is 1.47. The van der Waals surface area contributed by atoms with Crippen LogP contribution in [0.25, 0.3) is 16.8 Å². The van der Waals surface area contributed by atoms with Gasteiger partial charge in [0.05, 0.1) is 4.90 Å². The molecule has 0 atom stereocenters. The zero-order valence-electron chi connectivity index (χ0n) is 18.1. The summed E-state index contributed by atoms with van der Waals surface area (Å²) in [4.78, 5) is 4.70. The summed E-state index contributed by atoms with van der Waals surface area (Å²) in [5, 5.41) is 1.74. The maximum absolute atomic E-state index is 13.5. The minimum atomic E-state index is -3.55. The molecule has 4 rings (SSSR count). The van der Waals surface area contributed by atoms with Gasteiger partial charge in [0.25, 0.3) is 0 Å². The van der Waals surface area contributed by atoms with Crippen molar-refractivity contribution in [3.05, 3.63) is 78.4 Å². The smallest absolute Gasteiger partial charge is 0.243 e. The van der Waals surface area contributed by atoms with Gasteiger partial charge in [-0.25, -0.2) is 8.42 Å². The van der Waals surface area contributed by atoms with Crippen LogP contribution in [-0.4, -0.2) is 64.4 Å². The Morgan fingerprint density at radius 3 is 2.23 bits per heavy atom. The van der Waals surface area contributed by atoms with E-state index in [4.69, 9.17) is 0 Å². The first kappa shape index (κ1) is 21.6. The third-order valence-electron chi connectivity index (χ3n) is 5.76. The molecule has 0 radical (unpaired) electrons. The Kier molecular flexibility index (Phi) is 6.41. The third-order valence-corrected chi connectivity index (χ3v) is 7.72. The number of fused-ring (bicyclic) bond motifs is 1. The lowest BCUT2D eigenvalue weighted by molar-refractivity contribution is 0.204. The van der Waals surface area contributed by atoms with Crippen LogP contribution >= 0.6 is 0 Å². The average Bonchev–Trinajstić information content (AvgIpc) is 2.79. The Morgan fingerprint density at radius 1 is 0.839 bits per heavy atom. The molecule has 0 unspecified atom stereocenters. The van der Waals surface area contributed by atoms with E-state index < -0.39 is 10.0 Å². The van der Waals surface area contributed by atoms with Crippen LogP contribution < -0.4 is 4.90 Å². The van der Waals surface area contributed by atoms with Crippen LogP contribution in [0.2, 0.25) is 0 Å². The van der Waals surface area contributed by atoms with Gasteiger partial charge in [-0.1, -0.05) is 66.7 Å². The van der Waals surface area contributed by atoms with Gasteiger partial charge in [0, 0.05) is 63.3 Å². The first-order valence-electron chi connectivity index (χ1n) is 10.6. The monoisotopic (exact) mass is 435 g/mol. The minimum Gasteiger partial charge on any atom is -0.377 e. The molecule has 1 aliphatic rings. The topological polar surface area (TPSA) is 43.9 Å². The van der Waals surface area contributed by atoms with Crippen molar-refractivity contribution in [2.75, 3.05) is 51.7 Å². The van der Waals surface area contributed by atoms with E-state index in [1.54, 1.807) is 10.4 Å². The number of anilines is 1. The van der Waals surface area contributed by atoms with Crippen LogP contribution in [0, 0.1) is 0 Å². The predicted molar refractivity (Wildman–Crippen MR) is 129 cm³/mol. The average molecular weight is 436 g/mol. The van der Waals surface area contributed by atoms with Crippen molar-refractivity contribution in [3.63, 3.8) is 0 Å². The van der Waals surface area contributed by atoms with E-state index >= 15 is 0 Å². The van der Waals surface area contributed by atoms with Crippen molar-refractivity contribution in [1.82, 2.24) is 9.21 Å². The molecule has 31 heavy (non-hydrogen) atoms. The minimum absolute atomic E-state index is 0.395. The number of hydrogen-bond donors (Lipinski definition) is 0. The molecule has 0 bridgehead atoms. The van der Waals surface area contributed by atoms with Gasteiger partial charge in [-0.15, -0.1) is 0 Å². The molecule has 3 aromatic carbocycles. The largest absolute Gasteiger partial charge is 0.377 e. The molecule has 6 heteroatoms. The first-order valence-corrected chi connectivity index (χ1v) is 12.0. The van der Waals surface area contributed by atoms with E-state index in [0.29, 0.717) is 18.0 Å². The SMILES string of the molecule is CN(C)c1cccc2c(S(=O)(=O)N3CCN(C/C=C/c4ccccc4)CC3)cccc12. The number of nitrogens with zero attached hydrogens (tertiary/aromatic N) is 3. The summed E-state index contributed by atoms with van der Waals surface area (Å²) >= 11 is 0. The van der Waals surface area contributed by atoms with Crippen LogP contribution in [0.3, 0.4) is 0 Å². The molecule has 0 amide bonds. The number of sulfonamides is 1. The first-order chi connectivity index (χ1) is 15.0. The van der Waals surface area contributed by atoms with Crippen molar-refractivity contribution in [2.24, 2.45) is 0 Å². The summed E-state index contributed by atoms with van der Waals surface area (Å²) in [5.74, 6) is 0. The van der Waals surface area contributed by atoms with Crippen molar-refractivity contribution in [1.29, 1.82) is 0 Å². The molecule has 3 aromatic rings. The molecule has 1 saturated heterocycles. The molecule has 162 valence electrons. The van der Waals surface area contributed by atoms with E-state index in [0.717, 1.165) is 36.1 Å². The second-order valence-electron chi connectivity index (χ2n) is 8.04. The zero-order valence-corrected chi connectivity index (χ0v) is 18.9. The Labute approximate surface area is 185 Å². The molecule has 0 N–H and O–H groups in total. The molecular weight excluding hydrogens is 406 g/mol. The van der Waals surface area contributed by atoms with E-state index in [2.05, 4.69) is 29.2 Å². The molecular formula is C25H29N3O2S. The van der Waals surface area contributed by atoms with Crippen LogP contribution in [0.4, 0.5) is 5.69 Å². The highest BCUT2D eigenvalue weighted by Crippen LogP contribution is 2.31. The Hall–Kier alpha value is -2.67. The lowest BCUT2D eigenvalue weighted by atomic mass is 10.1. The maximum Gasteiger partial charge on any atom is 0.243 e. The number of benzene rings is 3. The molecule has 1 fully saturated rings. The predicted octanol–water partition coefficient (Wildman–Crippen LogP) is 3.93. The standard InChI is InChI=1S/C25H29N3O2S/c1-26(2)24-14-6-13-23-22(24)12-7-15-25(23)31(29,30)28-19-17-27(18-20-28)16-8-11-21-9-4-3-5-10-21/h3-15H,16-20H2,1-2H3/b11-8+. The summed E-state index contributed by atoms with van der Waals surface area (Å²) in [7, 11) is 0.399. The van der Waals surface area contributed by atoms with Gasteiger partial charge in [0.1, 0.15) is 0 Å². The lowest BCUT2D eigenvalue weighted by Crippen LogP contribution is -2.48. The van der Waals surface area contributed by atoms with E-state index in [1.165, 1.54) is 5.56 Å². The molecule has 0 aromatic heterocycles. The van der Waals surface area contributed by atoms with Gasteiger partial charge in [-0.05, 0) is 17.7 Å². The van der Waals surface area contributed by atoms with Crippen molar-refractivity contribution in [2.45, 2.75) is 4.90 Å². The second kappa shape index (κ2) is 9.22. The Bertz CT molecular complexity index is 1170. The summed E-state index contributed by atoms with van der Waals surface area (Å²) in [5.41, 5.74) is 2.20. The fourth-order valence-corrected chi connectivity index (χ4v) is 5.70. The fourth-order valence-electron chi connectivity index (χ4n) is 4.07. The highest BCUT2D eigenvalue weighted by molar-refractivity contribution is 7.89. The normalized spacial score (nSPS) is 16.2. The molecule has 5 nitrogen and oxygen atoms in total. The van der Waals surface area contributed by atoms with Gasteiger partial charge in [0.15, 0.2) is 0 Å². The molecule has 0 aliphatic carbocycles. The number of hydrogen-bond acceptors (Lipinski definition) is 4. The molecule has 1 heterocycles. The summed E-state index contributed by atoms with van der Waals surface area (Å²) in [6, 6.07) is 21.6. The van der Waals surface area contributed by atoms with E-state index in [9.17, 15) is 8.42 Å². The summed E-state index contributed by atoms with van der Waals surface area (Å²) < 4.78 is 28.6. The Morgan fingerprint density at radius 2 is 1.52 bits per heavy atom. The summed E-state index contributed by atoms with van der Waals surface area (Å²) in [6.45, 7) is 3.29. The molecule has 0 saturated carbocycles. The van der Waals surface area contributed by atoms with E-state index in [-0.39, 0.29) is 0 Å². The van der Waals surface area contributed by atoms with Gasteiger partial charge in [-0.2, -0.15) is 4.31 Å².